The number of hydrogen-bond donors (Lipinski definition) is 2. The molecule has 0 amide bonds. The van der Waals surface area contributed by atoms with E-state index in [0.29, 0.717) is 6.54 Å². The van der Waals surface area contributed by atoms with Gasteiger partial charge in [0.2, 0.25) is 0 Å². The van der Waals surface area contributed by atoms with Crippen LogP contribution in [-0.4, -0.2) is 48.4 Å². The van der Waals surface area contributed by atoms with E-state index >= 15 is 0 Å². The van der Waals surface area contributed by atoms with E-state index in [1.54, 1.807) is 0 Å². The maximum Gasteiger partial charge on any atom is 0.0942 e. The summed E-state index contributed by atoms with van der Waals surface area (Å²) in [7, 11) is 0. The monoisotopic (exact) mass is 501 g/mol. The van der Waals surface area contributed by atoms with Gasteiger partial charge < -0.3 is 10.2 Å². The van der Waals surface area contributed by atoms with Crippen molar-refractivity contribution in [3.63, 3.8) is 0 Å². The minimum Gasteiger partial charge on any atom is -0.394 e. The van der Waals surface area contributed by atoms with Gasteiger partial charge in [-0.2, -0.15) is 0 Å². The predicted octanol–water partition coefficient (Wildman–Crippen LogP) is 8.52. The molecule has 0 bridgehead atoms. The second-order valence-electron chi connectivity index (χ2n) is 10.3. The Morgan fingerprint density at radius 3 is 0.914 bits per heavy atom. The molecule has 2 N–H and O–H groups in total. The normalized spacial score (nSPS) is 11.7. The first-order chi connectivity index (χ1) is 17.3. The second kappa shape index (κ2) is 31.8. The van der Waals surface area contributed by atoms with Crippen molar-refractivity contribution in [3.8, 4) is 0 Å². The lowest BCUT2D eigenvalue weighted by Gasteiger charge is -2.20. The van der Waals surface area contributed by atoms with E-state index in [-0.39, 0.29) is 26.4 Å². The molecule has 0 fully saturated rings. The first-order valence-corrected chi connectivity index (χ1v) is 15.6. The molecule has 0 aromatic rings. The van der Waals surface area contributed by atoms with Crippen LogP contribution in [0, 0.1) is 0 Å². The molecule has 0 radical (unpaired) electrons. The molecule has 0 spiro atoms. The van der Waals surface area contributed by atoms with Crippen LogP contribution in [0.4, 0.5) is 0 Å². The molecule has 5 nitrogen and oxygen atoms in total. The zero-order valence-corrected chi connectivity index (χ0v) is 23.7. The van der Waals surface area contributed by atoms with Gasteiger partial charge in [-0.05, 0) is 6.42 Å². The summed E-state index contributed by atoms with van der Waals surface area (Å²) in [6.07, 6.45) is 33.4. The van der Waals surface area contributed by atoms with Crippen molar-refractivity contribution in [3.05, 3.63) is 0 Å². The maximum atomic E-state index is 8.85. The summed E-state index contributed by atoms with van der Waals surface area (Å²) in [5, 5.41) is 19.1. The van der Waals surface area contributed by atoms with Crippen LogP contribution < -0.4 is 0 Å². The predicted molar refractivity (Wildman–Crippen MR) is 149 cm³/mol. The van der Waals surface area contributed by atoms with Crippen LogP contribution in [0.5, 0.6) is 0 Å². The third kappa shape index (κ3) is 29.9. The van der Waals surface area contributed by atoms with Crippen LogP contribution in [0.25, 0.3) is 0 Å². The minimum absolute atomic E-state index is 0.0293. The molecule has 0 aliphatic heterocycles. The Labute approximate surface area is 219 Å². The van der Waals surface area contributed by atoms with Crippen LogP contribution in [-0.2, 0) is 9.68 Å². The fraction of sp³-hybridized carbons (Fsp3) is 1.00. The number of hydrogen-bond acceptors (Lipinski definition) is 5. The molecular weight excluding hydrogens is 438 g/mol. The van der Waals surface area contributed by atoms with Crippen LogP contribution in [0.1, 0.15) is 161 Å². The number of aliphatic hydroxyl groups is 2. The molecule has 0 unspecified atom stereocenters. The fourth-order valence-corrected chi connectivity index (χ4v) is 4.65. The Morgan fingerprint density at radius 1 is 0.400 bits per heavy atom. The largest absolute Gasteiger partial charge is 0.394 e. The van der Waals surface area contributed by atoms with Crippen LogP contribution in [0.15, 0.2) is 0 Å². The Morgan fingerprint density at radius 2 is 0.657 bits per heavy atom. The van der Waals surface area contributed by atoms with Crippen molar-refractivity contribution in [2.45, 2.75) is 161 Å². The maximum absolute atomic E-state index is 8.85. The Kier molecular flexibility index (Phi) is 31.6. The van der Waals surface area contributed by atoms with Crippen molar-refractivity contribution in [2.75, 3.05) is 33.0 Å². The van der Waals surface area contributed by atoms with Crippen molar-refractivity contribution in [1.29, 1.82) is 0 Å². The van der Waals surface area contributed by atoms with E-state index in [0.717, 1.165) is 6.42 Å². The lowest BCUT2D eigenvalue weighted by Crippen LogP contribution is -2.28. The van der Waals surface area contributed by atoms with Crippen molar-refractivity contribution < 1.29 is 19.9 Å². The highest BCUT2D eigenvalue weighted by atomic mass is 16.9. The summed E-state index contributed by atoms with van der Waals surface area (Å²) >= 11 is 0. The van der Waals surface area contributed by atoms with Gasteiger partial charge in [-0.3, -0.25) is 9.68 Å². The molecule has 5 heteroatoms. The van der Waals surface area contributed by atoms with Gasteiger partial charge in [0.15, 0.2) is 0 Å². The quantitative estimate of drug-likeness (QED) is 0.0736. The second-order valence-corrected chi connectivity index (χ2v) is 10.3. The topological polar surface area (TPSA) is 62.2 Å². The first kappa shape index (κ1) is 34.8. The van der Waals surface area contributed by atoms with Crippen LogP contribution in [0.3, 0.4) is 0 Å². The molecule has 0 saturated heterocycles. The van der Waals surface area contributed by atoms with E-state index in [1.807, 2.05) is 0 Å². The molecule has 35 heavy (non-hydrogen) atoms. The van der Waals surface area contributed by atoms with Gasteiger partial charge in [0.25, 0.3) is 0 Å². The van der Waals surface area contributed by atoms with E-state index in [4.69, 9.17) is 19.9 Å². The van der Waals surface area contributed by atoms with E-state index in [1.165, 1.54) is 153 Å². The molecule has 0 rings (SSSR count). The zero-order valence-electron chi connectivity index (χ0n) is 23.7. The van der Waals surface area contributed by atoms with Gasteiger partial charge in [0.05, 0.1) is 33.0 Å². The number of rotatable bonds is 31. The summed E-state index contributed by atoms with van der Waals surface area (Å²) in [6.45, 7) is 3.37. The van der Waals surface area contributed by atoms with Crippen LogP contribution >= 0.6 is 0 Å². The Bertz CT molecular complexity index is 362. The average Bonchev–Trinajstić information content (AvgIpc) is 2.87. The highest BCUT2D eigenvalue weighted by Crippen LogP contribution is 2.15. The Balaban J connectivity index is 3.18. The van der Waals surface area contributed by atoms with Gasteiger partial charge in [0, 0.05) is 0 Å². The zero-order chi connectivity index (χ0) is 25.5. The lowest BCUT2D eigenvalue weighted by atomic mass is 10.0. The van der Waals surface area contributed by atoms with E-state index < -0.39 is 0 Å². The van der Waals surface area contributed by atoms with Gasteiger partial charge in [0.1, 0.15) is 0 Å². The minimum atomic E-state index is -0.0293. The standard InChI is InChI=1S/C30H63NO4/c1-2-3-4-5-6-7-8-9-10-11-12-13-14-15-16-17-18-19-20-21-22-23-24-25-26-31(34-29-27-32)35-30-28-33/h32-33H,2-30H2,1H3. The third-order valence-corrected chi connectivity index (χ3v) is 6.85. The number of aliphatic hydroxyl groups excluding tert-OH is 2. The molecule has 0 aromatic carbocycles. The summed E-state index contributed by atoms with van der Waals surface area (Å²) in [4.78, 5) is 10.6. The van der Waals surface area contributed by atoms with Crippen molar-refractivity contribution in [1.82, 2.24) is 5.23 Å². The number of hydroxylamine groups is 2. The molecule has 0 aromatic heterocycles. The highest BCUT2D eigenvalue weighted by Gasteiger charge is 2.05. The smallest absolute Gasteiger partial charge is 0.0942 e. The molecule has 0 atom stereocenters. The average molecular weight is 502 g/mol. The third-order valence-electron chi connectivity index (χ3n) is 6.85. The first-order valence-electron chi connectivity index (χ1n) is 15.6. The van der Waals surface area contributed by atoms with Gasteiger partial charge in [-0.15, -0.1) is 0 Å². The highest BCUT2D eigenvalue weighted by molar-refractivity contribution is 4.52. The molecule has 0 aliphatic rings. The van der Waals surface area contributed by atoms with Gasteiger partial charge in [-0.1, -0.05) is 160 Å². The van der Waals surface area contributed by atoms with Crippen molar-refractivity contribution >= 4 is 0 Å². The molecule has 212 valence electrons. The summed E-state index contributed by atoms with van der Waals surface area (Å²) in [5.41, 5.74) is 0. The van der Waals surface area contributed by atoms with Crippen LogP contribution in [0.2, 0.25) is 0 Å². The van der Waals surface area contributed by atoms with Gasteiger partial charge in [-0.25, -0.2) is 0 Å². The summed E-state index contributed by atoms with van der Waals surface area (Å²) in [5.74, 6) is 0. The molecular formula is C30H63NO4. The fourth-order valence-electron chi connectivity index (χ4n) is 4.65. The summed E-state index contributed by atoms with van der Waals surface area (Å²) in [6, 6.07) is 0. The molecule has 0 aliphatic carbocycles. The van der Waals surface area contributed by atoms with Crippen molar-refractivity contribution in [2.24, 2.45) is 0 Å². The Hall–Kier alpha value is -0.200. The summed E-state index contributed by atoms with van der Waals surface area (Å²) < 4.78 is 0. The SMILES string of the molecule is CCCCCCCCCCCCCCCCCCCCCCCCCCN(OCCO)OCCO. The number of unbranched alkanes of at least 4 members (excludes halogenated alkanes) is 23. The van der Waals surface area contributed by atoms with Gasteiger partial charge >= 0.3 is 0 Å². The van der Waals surface area contributed by atoms with E-state index in [2.05, 4.69) is 6.92 Å². The lowest BCUT2D eigenvalue weighted by molar-refractivity contribution is -0.371. The molecule has 0 saturated carbocycles. The molecule has 0 heterocycles. The van der Waals surface area contributed by atoms with E-state index in [9.17, 15) is 0 Å². The number of nitrogens with zero attached hydrogens (tertiary/aromatic N) is 1.